The van der Waals surface area contributed by atoms with Crippen LogP contribution in [0.5, 0.6) is 0 Å². The standard InChI is InChI=1S/C13H13NO2S/c1-13(2,12(15)16)11-14-10(8-17-11)9-6-4-3-5-7-9/h3-8H,1-2H3,(H,15,16). The Labute approximate surface area is 104 Å². The lowest BCUT2D eigenvalue weighted by molar-refractivity contribution is -0.142. The Kier molecular flexibility index (Phi) is 2.98. The van der Waals surface area contributed by atoms with E-state index in [9.17, 15) is 4.79 Å². The minimum Gasteiger partial charge on any atom is -0.481 e. The Morgan fingerprint density at radius 1 is 1.29 bits per heavy atom. The second-order valence-corrected chi connectivity index (χ2v) is 5.19. The number of carbonyl (C=O) groups is 1. The van der Waals surface area contributed by atoms with Crippen molar-refractivity contribution in [3.05, 3.63) is 40.7 Å². The third kappa shape index (κ3) is 2.22. The maximum atomic E-state index is 11.1. The molecule has 1 aromatic heterocycles. The summed E-state index contributed by atoms with van der Waals surface area (Å²) in [4.78, 5) is 15.5. The Bertz CT molecular complexity index is 531. The van der Waals surface area contributed by atoms with Crippen LogP contribution < -0.4 is 0 Å². The van der Waals surface area contributed by atoms with Crippen LogP contribution in [0.2, 0.25) is 0 Å². The zero-order valence-electron chi connectivity index (χ0n) is 9.68. The van der Waals surface area contributed by atoms with E-state index in [-0.39, 0.29) is 0 Å². The first-order chi connectivity index (χ1) is 8.01. The summed E-state index contributed by atoms with van der Waals surface area (Å²) in [5.41, 5.74) is 0.911. The topological polar surface area (TPSA) is 50.2 Å². The fourth-order valence-corrected chi connectivity index (χ4v) is 2.34. The minimum atomic E-state index is -0.933. The average molecular weight is 247 g/mol. The van der Waals surface area contributed by atoms with Crippen LogP contribution in [0.25, 0.3) is 11.3 Å². The SMILES string of the molecule is CC(C)(C(=O)O)c1nc(-c2ccccc2)cs1. The van der Waals surface area contributed by atoms with Crippen LogP contribution in [-0.4, -0.2) is 16.1 Å². The van der Waals surface area contributed by atoms with Gasteiger partial charge in [0.1, 0.15) is 10.4 Å². The van der Waals surface area contributed by atoms with E-state index >= 15 is 0 Å². The summed E-state index contributed by atoms with van der Waals surface area (Å²) in [6.45, 7) is 3.34. The molecule has 0 bridgehead atoms. The van der Waals surface area contributed by atoms with Crippen LogP contribution in [0.15, 0.2) is 35.7 Å². The van der Waals surface area contributed by atoms with Gasteiger partial charge in [-0.15, -0.1) is 11.3 Å². The van der Waals surface area contributed by atoms with Crippen molar-refractivity contribution in [2.24, 2.45) is 0 Å². The first kappa shape index (κ1) is 11.8. The van der Waals surface area contributed by atoms with Gasteiger partial charge in [-0.2, -0.15) is 0 Å². The zero-order chi connectivity index (χ0) is 12.5. The van der Waals surface area contributed by atoms with Crippen molar-refractivity contribution < 1.29 is 9.90 Å². The summed E-state index contributed by atoms with van der Waals surface area (Å²) in [6.07, 6.45) is 0. The molecule has 4 heteroatoms. The number of aliphatic carboxylic acids is 1. The average Bonchev–Trinajstić information content (AvgIpc) is 2.80. The molecule has 2 rings (SSSR count). The Hall–Kier alpha value is -1.68. The number of carboxylic acids is 1. The first-order valence-corrected chi connectivity index (χ1v) is 6.14. The molecular formula is C13H13NO2S. The number of hydrogen-bond acceptors (Lipinski definition) is 3. The van der Waals surface area contributed by atoms with Crippen LogP contribution in [0.3, 0.4) is 0 Å². The largest absolute Gasteiger partial charge is 0.481 e. The second-order valence-electron chi connectivity index (χ2n) is 4.33. The molecule has 0 amide bonds. The van der Waals surface area contributed by atoms with E-state index in [4.69, 9.17) is 5.11 Å². The van der Waals surface area contributed by atoms with E-state index in [1.165, 1.54) is 11.3 Å². The van der Waals surface area contributed by atoms with Gasteiger partial charge in [-0.05, 0) is 13.8 Å². The van der Waals surface area contributed by atoms with Gasteiger partial charge < -0.3 is 5.11 Å². The highest BCUT2D eigenvalue weighted by Crippen LogP contribution is 2.30. The van der Waals surface area contributed by atoms with Gasteiger partial charge in [0, 0.05) is 10.9 Å². The fourth-order valence-electron chi connectivity index (χ4n) is 1.39. The molecule has 17 heavy (non-hydrogen) atoms. The molecule has 0 saturated heterocycles. The summed E-state index contributed by atoms with van der Waals surface area (Å²) in [5.74, 6) is -0.855. The predicted molar refractivity (Wildman–Crippen MR) is 68.2 cm³/mol. The number of carboxylic acid groups (broad SMARTS) is 1. The van der Waals surface area contributed by atoms with Gasteiger partial charge >= 0.3 is 5.97 Å². The maximum absolute atomic E-state index is 11.1. The quantitative estimate of drug-likeness (QED) is 0.906. The molecule has 1 N–H and O–H groups in total. The zero-order valence-corrected chi connectivity index (χ0v) is 10.5. The van der Waals surface area contributed by atoms with Crippen molar-refractivity contribution in [3.8, 4) is 11.3 Å². The number of rotatable bonds is 3. The van der Waals surface area contributed by atoms with Crippen LogP contribution in [0, 0.1) is 0 Å². The second kappa shape index (κ2) is 4.30. The Morgan fingerprint density at radius 3 is 2.53 bits per heavy atom. The molecule has 0 aliphatic heterocycles. The molecular weight excluding hydrogens is 234 g/mol. The first-order valence-electron chi connectivity index (χ1n) is 5.26. The van der Waals surface area contributed by atoms with Crippen LogP contribution >= 0.6 is 11.3 Å². The summed E-state index contributed by atoms with van der Waals surface area (Å²) in [7, 11) is 0. The third-order valence-electron chi connectivity index (χ3n) is 2.64. The van der Waals surface area contributed by atoms with Gasteiger partial charge in [-0.3, -0.25) is 4.79 Å². The van der Waals surface area contributed by atoms with Crippen molar-refractivity contribution in [2.45, 2.75) is 19.3 Å². The van der Waals surface area contributed by atoms with E-state index in [1.54, 1.807) is 13.8 Å². The molecule has 88 valence electrons. The summed E-state index contributed by atoms with van der Waals surface area (Å²) in [6, 6.07) is 9.75. The highest BCUT2D eigenvalue weighted by Gasteiger charge is 2.32. The maximum Gasteiger partial charge on any atom is 0.316 e. The Morgan fingerprint density at radius 2 is 1.94 bits per heavy atom. The predicted octanol–water partition coefficient (Wildman–Crippen LogP) is 3.17. The summed E-state index contributed by atoms with van der Waals surface area (Å²) in [5, 5.41) is 11.7. The molecule has 0 aliphatic carbocycles. The number of nitrogens with zero attached hydrogens (tertiary/aromatic N) is 1. The molecule has 1 heterocycles. The van der Waals surface area contributed by atoms with Crippen molar-refractivity contribution in [1.29, 1.82) is 0 Å². The monoisotopic (exact) mass is 247 g/mol. The van der Waals surface area contributed by atoms with E-state index in [1.807, 2.05) is 35.7 Å². The molecule has 0 spiro atoms. The third-order valence-corrected chi connectivity index (χ3v) is 3.81. The van der Waals surface area contributed by atoms with Gasteiger partial charge in [0.15, 0.2) is 0 Å². The highest BCUT2D eigenvalue weighted by atomic mass is 32.1. The summed E-state index contributed by atoms with van der Waals surface area (Å²) >= 11 is 1.39. The van der Waals surface area contributed by atoms with E-state index in [0.29, 0.717) is 5.01 Å². The lowest BCUT2D eigenvalue weighted by Gasteiger charge is -2.14. The highest BCUT2D eigenvalue weighted by molar-refractivity contribution is 7.10. The molecule has 0 saturated carbocycles. The van der Waals surface area contributed by atoms with Gasteiger partial charge in [0.25, 0.3) is 0 Å². The fraction of sp³-hybridized carbons (Fsp3) is 0.231. The molecule has 0 radical (unpaired) electrons. The number of hydrogen-bond donors (Lipinski definition) is 1. The molecule has 0 unspecified atom stereocenters. The van der Waals surface area contributed by atoms with Crippen molar-refractivity contribution in [3.63, 3.8) is 0 Å². The normalized spacial score (nSPS) is 11.4. The van der Waals surface area contributed by atoms with Crippen LogP contribution in [0.1, 0.15) is 18.9 Å². The van der Waals surface area contributed by atoms with Gasteiger partial charge in [-0.25, -0.2) is 4.98 Å². The number of thiazole rings is 1. The van der Waals surface area contributed by atoms with Crippen LogP contribution in [-0.2, 0) is 10.2 Å². The van der Waals surface area contributed by atoms with E-state index in [2.05, 4.69) is 4.98 Å². The Balaban J connectivity index is 2.38. The molecule has 0 fully saturated rings. The van der Waals surface area contributed by atoms with Gasteiger partial charge in [0.05, 0.1) is 5.69 Å². The smallest absolute Gasteiger partial charge is 0.316 e. The number of aromatic nitrogens is 1. The van der Waals surface area contributed by atoms with Crippen molar-refractivity contribution in [2.75, 3.05) is 0 Å². The van der Waals surface area contributed by atoms with Gasteiger partial charge in [0.2, 0.25) is 0 Å². The lowest BCUT2D eigenvalue weighted by Crippen LogP contribution is -2.28. The minimum absolute atomic E-state index is 0.629. The lowest BCUT2D eigenvalue weighted by atomic mass is 9.95. The summed E-state index contributed by atoms with van der Waals surface area (Å²) < 4.78 is 0. The van der Waals surface area contributed by atoms with Crippen molar-refractivity contribution >= 4 is 17.3 Å². The number of benzene rings is 1. The van der Waals surface area contributed by atoms with Gasteiger partial charge in [-0.1, -0.05) is 30.3 Å². The molecule has 1 aromatic carbocycles. The van der Waals surface area contributed by atoms with E-state index in [0.717, 1.165) is 11.3 Å². The molecule has 2 aromatic rings. The van der Waals surface area contributed by atoms with E-state index < -0.39 is 11.4 Å². The molecule has 3 nitrogen and oxygen atoms in total. The molecule has 0 aliphatic rings. The van der Waals surface area contributed by atoms with Crippen molar-refractivity contribution in [1.82, 2.24) is 4.98 Å². The van der Waals surface area contributed by atoms with Crippen LogP contribution in [0.4, 0.5) is 0 Å². The molecule has 0 atom stereocenters.